The summed E-state index contributed by atoms with van der Waals surface area (Å²) in [7, 11) is 1.50. The smallest absolute Gasteiger partial charge is 0.422 e. The van der Waals surface area contributed by atoms with E-state index >= 15 is 0 Å². The number of alkyl halides is 5. The highest BCUT2D eigenvalue weighted by Crippen LogP contribution is 2.52. The Hall–Kier alpha value is -2.86. The summed E-state index contributed by atoms with van der Waals surface area (Å²) in [5.74, 6) is -2.90. The molecule has 34 heavy (non-hydrogen) atoms. The number of anilines is 1. The van der Waals surface area contributed by atoms with Gasteiger partial charge in [-0.25, -0.2) is 13.8 Å². The van der Waals surface area contributed by atoms with Crippen LogP contribution in [0.3, 0.4) is 0 Å². The van der Waals surface area contributed by atoms with Crippen molar-refractivity contribution < 1.29 is 41.0 Å². The lowest BCUT2D eigenvalue weighted by atomic mass is 9.68. The summed E-state index contributed by atoms with van der Waals surface area (Å²) in [5.41, 5.74) is 9.93. The van der Waals surface area contributed by atoms with Gasteiger partial charge in [0.05, 0.1) is 17.3 Å². The first kappa shape index (κ1) is 29.2. The third kappa shape index (κ3) is 8.82. The zero-order valence-corrected chi connectivity index (χ0v) is 19.2. The van der Waals surface area contributed by atoms with E-state index in [-0.39, 0.29) is 53.3 Å². The van der Waals surface area contributed by atoms with E-state index in [1.54, 1.807) is 6.92 Å². The Morgan fingerprint density at radius 2 is 1.74 bits per heavy atom. The monoisotopic (exact) mass is 513 g/mol. The fourth-order valence-corrected chi connectivity index (χ4v) is 3.26. The second-order valence-electron chi connectivity index (χ2n) is 7.47. The molecule has 1 aliphatic carbocycles. The van der Waals surface area contributed by atoms with Gasteiger partial charge in [0.2, 0.25) is 5.92 Å². The fraction of sp³-hybridized carbons (Fsp3) is 0.429. The highest BCUT2D eigenvalue weighted by molar-refractivity contribution is 6.30. The van der Waals surface area contributed by atoms with E-state index < -0.39 is 24.1 Å². The van der Waals surface area contributed by atoms with Gasteiger partial charge < -0.3 is 30.5 Å². The zero-order chi connectivity index (χ0) is 26.2. The van der Waals surface area contributed by atoms with Crippen LogP contribution in [-0.2, 0) is 4.79 Å². The number of nitrogens with two attached hydrogens (primary N) is 2. The van der Waals surface area contributed by atoms with Crippen molar-refractivity contribution in [1.29, 1.82) is 0 Å². The Morgan fingerprint density at radius 3 is 2.29 bits per heavy atom. The predicted molar refractivity (Wildman–Crippen MR) is 117 cm³/mol. The van der Waals surface area contributed by atoms with Crippen molar-refractivity contribution in [3.05, 3.63) is 35.5 Å². The number of benzene rings is 1. The summed E-state index contributed by atoms with van der Waals surface area (Å²) in [6.45, 7) is 2.16. The molecule has 3 rings (SSSR count). The van der Waals surface area contributed by atoms with Gasteiger partial charge in [-0.05, 0) is 19.2 Å². The molecule has 0 aliphatic heterocycles. The molecular weight excluding hydrogens is 489 g/mol. The van der Waals surface area contributed by atoms with Crippen molar-refractivity contribution in [3.63, 3.8) is 0 Å². The second kappa shape index (κ2) is 12.0. The average Bonchev–Trinajstić information content (AvgIpc) is 2.75. The van der Waals surface area contributed by atoms with Gasteiger partial charge in [-0.15, -0.1) is 0 Å². The van der Waals surface area contributed by atoms with Gasteiger partial charge in [-0.1, -0.05) is 18.5 Å². The average molecular weight is 514 g/mol. The highest BCUT2D eigenvalue weighted by Gasteiger charge is 2.54. The molecule has 190 valence electrons. The van der Waals surface area contributed by atoms with Crippen LogP contribution in [0.5, 0.6) is 23.1 Å². The minimum absolute atomic E-state index is 0.0232. The Labute approximate surface area is 198 Å². The molecule has 4 N–H and O–H groups in total. The number of ether oxygens (including phenoxy) is 3. The quantitative estimate of drug-likeness (QED) is 0.384. The van der Waals surface area contributed by atoms with E-state index in [1.807, 2.05) is 6.79 Å². The van der Waals surface area contributed by atoms with Crippen LogP contribution in [-0.4, -0.2) is 44.1 Å². The topological polar surface area (TPSA) is 110 Å². The predicted octanol–water partition coefficient (Wildman–Crippen LogP) is 5.25. The number of nitrogens with zero attached hydrogens (tertiary/aromatic N) is 1. The van der Waals surface area contributed by atoms with Crippen LogP contribution in [0.4, 0.5) is 27.6 Å². The summed E-state index contributed by atoms with van der Waals surface area (Å²) in [6, 6.07) is 5.43. The van der Waals surface area contributed by atoms with Crippen LogP contribution in [0.15, 0.2) is 30.5 Å². The molecule has 1 aromatic carbocycles. The molecule has 1 saturated carbocycles. The van der Waals surface area contributed by atoms with Gasteiger partial charge in [-0.2, -0.15) is 13.2 Å². The maximum Gasteiger partial charge on any atom is 0.422 e. The number of carbonyl (C=O) groups excluding carboxylic acids is 1. The van der Waals surface area contributed by atoms with Crippen molar-refractivity contribution in [2.75, 3.05) is 26.0 Å². The number of halogens is 6. The fourth-order valence-electron chi connectivity index (χ4n) is 3.11. The molecule has 1 heterocycles. The molecule has 0 unspecified atom stereocenters. The van der Waals surface area contributed by atoms with Gasteiger partial charge in [0.1, 0.15) is 18.3 Å². The van der Waals surface area contributed by atoms with Crippen LogP contribution >= 0.6 is 11.6 Å². The van der Waals surface area contributed by atoms with Crippen molar-refractivity contribution in [1.82, 2.24) is 4.98 Å². The maximum absolute atomic E-state index is 13.1. The third-order valence-electron chi connectivity index (χ3n) is 4.32. The van der Waals surface area contributed by atoms with Gasteiger partial charge in [0.15, 0.2) is 12.4 Å². The van der Waals surface area contributed by atoms with Crippen LogP contribution in [0.25, 0.3) is 0 Å². The molecule has 7 nitrogen and oxygen atoms in total. The second-order valence-corrected chi connectivity index (χ2v) is 7.91. The van der Waals surface area contributed by atoms with Crippen LogP contribution in [0.1, 0.15) is 19.8 Å². The van der Waals surface area contributed by atoms with E-state index in [0.717, 1.165) is 6.07 Å². The lowest BCUT2D eigenvalue weighted by Gasteiger charge is -2.44. The summed E-state index contributed by atoms with van der Waals surface area (Å²) in [6.07, 6.45) is -3.95. The lowest BCUT2D eigenvalue weighted by molar-refractivity contribution is -0.164. The number of nitrogen functional groups attached to an aromatic ring is 1. The summed E-state index contributed by atoms with van der Waals surface area (Å²) < 4.78 is 79.5. The van der Waals surface area contributed by atoms with Crippen molar-refractivity contribution >= 4 is 24.1 Å². The number of pyridine rings is 1. The lowest BCUT2D eigenvalue weighted by Crippen LogP contribution is -2.47. The molecule has 13 heteroatoms. The van der Waals surface area contributed by atoms with Crippen molar-refractivity contribution in [3.8, 4) is 23.1 Å². The molecule has 0 bridgehead atoms. The highest BCUT2D eigenvalue weighted by atomic mass is 35.5. The largest absolute Gasteiger partial charge is 0.491 e. The van der Waals surface area contributed by atoms with E-state index in [1.165, 1.54) is 31.4 Å². The molecular formula is C21H25ClF5N3O4. The van der Waals surface area contributed by atoms with Crippen molar-refractivity contribution in [2.45, 2.75) is 31.9 Å². The molecule has 1 aliphatic rings. The Kier molecular flexibility index (Phi) is 10.3. The Morgan fingerprint density at radius 1 is 1.12 bits per heavy atom. The first-order chi connectivity index (χ1) is 15.8. The standard InChI is InChI=1S/C19H18ClF5N2O3.CH5N.CH2O/c1-17(7-18(21,22)8-17)9-28-14-5-12(2-3-13(14)26)30-16-15(4-11(20)6-27-16)29-10-19(23,24)25;2*1-2/h2-6H,7-10,26H2,1H3;2H2,1H3;1H2. The number of rotatable bonds is 7. The number of hydrogen-bond donors (Lipinski definition) is 2. The van der Waals surface area contributed by atoms with Gasteiger partial charge in [0, 0.05) is 36.6 Å². The SMILES string of the molecule is C=O.CC1(COc2cc(Oc3ncc(Cl)cc3OCC(F)(F)F)ccc2N)CC(F)(F)C1.CN. The maximum atomic E-state index is 13.1. The molecule has 0 saturated heterocycles. The molecule has 0 radical (unpaired) electrons. The van der Waals surface area contributed by atoms with Crippen LogP contribution < -0.4 is 25.7 Å². The van der Waals surface area contributed by atoms with Crippen LogP contribution in [0.2, 0.25) is 5.02 Å². The molecule has 0 amide bonds. The Balaban J connectivity index is 0.00000137. The minimum Gasteiger partial charge on any atom is -0.491 e. The van der Waals surface area contributed by atoms with E-state index in [9.17, 15) is 22.0 Å². The van der Waals surface area contributed by atoms with Crippen molar-refractivity contribution in [2.24, 2.45) is 11.1 Å². The summed E-state index contributed by atoms with van der Waals surface area (Å²) >= 11 is 5.77. The minimum atomic E-state index is -4.56. The summed E-state index contributed by atoms with van der Waals surface area (Å²) in [4.78, 5) is 11.8. The Bertz CT molecular complexity index is 939. The first-order valence-corrected chi connectivity index (χ1v) is 10.0. The normalized spacial score (nSPS) is 15.4. The molecule has 2 aromatic rings. The number of hydrogen-bond acceptors (Lipinski definition) is 7. The van der Waals surface area contributed by atoms with Gasteiger partial charge in [0.25, 0.3) is 5.88 Å². The number of carbonyl (C=O) groups is 1. The molecule has 0 spiro atoms. The number of aromatic nitrogens is 1. The van der Waals surface area contributed by atoms with Gasteiger partial charge >= 0.3 is 6.18 Å². The van der Waals surface area contributed by atoms with Gasteiger partial charge in [-0.3, -0.25) is 0 Å². The molecule has 0 atom stereocenters. The molecule has 1 fully saturated rings. The first-order valence-electron chi connectivity index (χ1n) is 9.64. The molecule has 1 aromatic heterocycles. The van der Waals surface area contributed by atoms with E-state index in [0.29, 0.717) is 0 Å². The van der Waals surface area contributed by atoms with E-state index in [4.69, 9.17) is 36.3 Å². The third-order valence-corrected chi connectivity index (χ3v) is 4.53. The van der Waals surface area contributed by atoms with Crippen LogP contribution in [0, 0.1) is 5.41 Å². The summed E-state index contributed by atoms with van der Waals surface area (Å²) in [5, 5.41) is 0.0615. The zero-order valence-electron chi connectivity index (χ0n) is 18.4. The van der Waals surface area contributed by atoms with E-state index in [2.05, 4.69) is 10.7 Å².